The van der Waals surface area contributed by atoms with E-state index in [1.54, 1.807) is 0 Å². The standard InChI is InChI=1S/C5H14NO.C3H5NO.CH4N2O.ClH/c1-6(2,3)4-5-7;1-2-3(4)5;2-1(3)4;/h7H,4-5H2,1-3H3;2H,1H2,(H2,4,5);(H4,2,3,4);1H/q+1;;;/p-1. The zero-order valence-electron chi connectivity index (χ0n) is 10.5. The van der Waals surface area contributed by atoms with Crippen LogP contribution in [0.4, 0.5) is 4.79 Å². The molecule has 0 saturated heterocycles. The molecule has 0 saturated carbocycles. The lowest BCUT2D eigenvalue weighted by Gasteiger charge is -2.21. The quantitative estimate of drug-likeness (QED) is 0.304. The van der Waals surface area contributed by atoms with Crippen molar-refractivity contribution < 1.29 is 31.6 Å². The third-order valence-corrected chi connectivity index (χ3v) is 0.972. The zero-order chi connectivity index (χ0) is 13.8. The van der Waals surface area contributed by atoms with Crippen LogP contribution < -0.4 is 29.6 Å². The minimum atomic E-state index is -0.833. The van der Waals surface area contributed by atoms with Gasteiger partial charge in [0, 0.05) is 0 Å². The van der Waals surface area contributed by atoms with Gasteiger partial charge in [0.2, 0.25) is 5.91 Å². The second kappa shape index (κ2) is 14.7. The Kier molecular flexibility index (Phi) is 21.4. The molecule has 0 aliphatic rings. The van der Waals surface area contributed by atoms with Gasteiger partial charge in [0.05, 0.1) is 27.7 Å². The van der Waals surface area contributed by atoms with Gasteiger partial charge in [-0.15, -0.1) is 0 Å². The number of nitrogens with zero attached hydrogens (tertiary/aromatic N) is 1. The maximum atomic E-state index is 9.47. The number of primary amides is 3. The first-order valence-corrected chi connectivity index (χ1v) is 4.45. The topological polar surface area (TPSA) is 132 Å². The van der Waals surface area contributed by atoms with Crippen LogP contribution in [0.1, 0.15) is 0 Å². The molecule has 0 aromatic rings. The van der Waals surface area contributed by atoms with Crippen LogP contribution in [0.25, 0.3) is 0 Å². The second-order valence-electron chi connectivity index (χ2n) is 3.75. The molecule has 0 spiro atoms. The van der Waals surface area contributed by atoms with E-state index in [1.807, 2.05) is 0 Å². The number of aliphatic hydroxyl groups excluding tert-OH is 1. The van der Waals surface area contributed by atoms with Crippen molar-refractivity contribution in [3.05, 3.63) is 12.7 Å². The smallest absolute Gasteiger partial charge is 0.309 e. The lowest BCUT2D eigenvalue weighted by molar-refractivity contribution is -0.870. The Bertz CT molecular complexity index is 213. The Morgan fingerprint density at radius 1 is 1.24 bits per heavy atom. The summed E-state index contributed by atoms with van der Waals surface area (Å²) in [5.74, 6) is -0.481. The van der Waals surface area contributed by atoms with E-state index in [2.05, 4.69) is 44.9 Å². The molecule has 0 bridgehead atoms. The van der Waals surface area contributed by atoms with Crippen LogP contribution in [0.5, 0.6) is 0 Å². The molecule has 17 heavy (non-hydrogen) atoms. The number of carbonyl (C=O) groups excluding carboxylic acids is 2. The Hall–Kier alpha value is -1.31. The van der Waals surface area contributed by atoms with E-state index in [1.165, 1.54) is 0 Å². The fourth-order valence-corrected chi connectivity index (χ4v) is 0.300. The van der Waals surface area contributed by atoms with Crippen LogP contribution in [0.3, 0.4) is 0 Å². The van der Waals surface area contributed by atoms with Crippen molar-refractivity contribution in [1.29, 1.82) is 0 Å². The molecule has 0 aromatic carbocycles. The Labute approximate surface area is 108 Å². The van der Waals surface area contributed by atoms with E-state index >= 15 is 0 Å². The van der Waals surface area contributed by atoms with Gasteiger partial charge in [-0.1, -0.05) is 6.58 Å². The number of carbonyl (C=O) groups is 2. The largest absolute Gasteiger partial charge is 1.00 e. The predicted molar refractivity (Wildman–Crippen MR) is 63.1 cm³/mol. The molecule has 0 aromatic heterocycles. The highest BCUT2D eigenvalue weighted by Gasteiger charge is 2.02. The summed E-state index contributed by atoms with van der Waals surface area (Å²) in [5, 5.41) is 8.39. The molecule has 3 amide bonds. The third-order valence-electron chi connectivity index (χ3n) is 0.972. The van der Waals surface area contributed by atoms with E-state index in [4.69, 9.17) is 9.90 Å². The van der Waals surface area contributed by atoms with Gasteiger partial charge in [0.15, 0.2) is 0 Å². The first-order valence-electron chi connectivity index (χ1n) is 4.45. The molecular formula is C9H23ClN4O3. The Morgan fingerprint density at radius 3 is 1.47 bits per heavy atom. The van der Waals surface area contributed by atoms with E-state index < -0.39 is 11.9 Å². The number of halogens is 1. The number of nitrogens with two attached hydrogens (primary N) is 3. The van der Waals surface area contributed by atoms with Gasteiger partial charge in [-0.2, -0.15) is 0 Å². The van der Waals surface area contributed by atoms with Crippen molar-refractivity contribution in [3.63, 3.8) is 0 Å². The molecule has 0 fully saturated rings. The number of hydrogen-bond acceptors (Lipinski definition) is 3. The van der Waals surface area contributed by atoms with Crippen LogP contribution >= 0.6 is 0 Å². The van der Waals surface area contributed by atoms with Crippen LogP contribution in [0, 0.1) is 0 Å². The highest BCUT2D eigenvalue weighted by atomic mass is 35.5. The van der Waals surface area contributed by atoms with Gasteiger partial charge >= 0.3 is 6.03 Å². The van der Waals surface area contributed by atoms with Crippen molar-refractivity contribution in [2.45, 2.75) is 0 Å². The summed E-state index contributed by atoms with van der Waals surface area (Å²) in [4.78, 5) is 18.5. The lowest BCUT2D eigenvalue weighted by atomic mass is 10.5. The maximum Gasteiger partial charge on any atom is 0.309 e. The first-order chi connectivity index (χ1) is 7.06. The molecule has 0 aliphatic heterocycles. The Balaban J connectivity index is -0.0000000757. The number of aliphatic hydroxyl groups is 1. The minimum absolute atomic E-state index is 0. The number of likely N-dealkylation sites (N-methyl/N-ethyl adjacent to an activating group) is 1. The fourth-order valence-electron chi connectivity index (χ4n) is 0.300. The summed E-state index contributed by atoms with van der Waals surface area (Å²) in [5.41, 5.74) is 13.0. The molecule has 0 radical (unpaired) electrons. The summed E-state index contributed by atoms with van der Waals surface area (Å²) >= 11 is 0. The van der Waals surface area contributed by atoms with Gasteiger partial charge < -0.3 is 39.2 Å². The zero-order valence-corrected chi connectivity index (χ0v) is 11.3. The average Bonchev–Trinajstić information content (AvgIpc) is 2.01. The molecule has 0 heterocycles. The summed E-state index contributed by atoms with van der Waals surface area (Å²) in [6, 6.07) is -0.833. The molecule has 104 valence electrons. The lowest BCUT2D eigenvalue weighted by Crippen LogP contribution is -3.00. The molecular weight excluding hydrogens is 248 g/mol. The number of rotatable bonds is 3. The first kappa shape index (κ1) is 24.8. The minimum Gasteiger partial charge on any atom is -1.00 e. The van der Waals surface area contributed by atoms with Crippen LogP contribution in [-0.4, -0.2) is 55.8 Å². The monoisotopic (exact) mass is 270 g/mol. The highest BCUT2D eigenvalue weighted by molar-refractivity contribution is 5.84. The molecule has 7 N–H and O–H groups in total. The van der Waals surface area contributed by atoms with E-state index in [0.717, 1.165) is 17.1 Å². The van der Waals surface area contributed by atoms with Crippen molar-refractivity contribution in [3.8, 4) is 0 Å². The summed E-state index contributed by atoms with van der Waals surface area (Å²) < 4.78 is 0.844. The summed E-state index contributed by atoms with van der Waals surface area (Å²) in [7, 11) is 6.16. The van der Waals surface area contributed by atoms with Crippen LogP contribution in [-0.2, 0) is 4.79 Å². The maximum absolute atomic E-state index is 9.47. The third kappa shape index (κ3) is 108. The van der Waals surface area contributed by atoms with Gasteiger partial charge in [-0.05, 0) is 6.08 Å². The van der Waals surface area contributed by atoms with Crippen molar-refractivity contribution in [2.24, 2.45) is 17.2 Å². The summed E-state index contributed by atoms with van der Waals surface area (Å²) in [6.45, 7) is 4.20. The molecule has 0 unspecified atom stereocenters. The van der Waals surface area contributed by atoms with Gasteiger partial charge in [0.25, 0.3) is 0 Å². The van der Waals surface area contributed by atoms with Gasteiger partial charge in [-0.25, -0.2) is 4.79 Å². The number of quaternary nitrogens is 1. The fraction of sp³-hybridized carbons (Fsp3) is 0.556. The normalized spacial score (nSPS) is 8.24. The predicted octanol–water partition coefficient (Wildman–Crippen LogP) is -4.63. The van der Waals surface area contributed by atoms with E-state index in [-0.39, 0.29) is 19.0 Å². The number of hydrogen-bond donors (Lipinski definition) is 4. The molecule has 0 rings (SSSR count). The molecule has 8 heteroatoms. The van der Waals surface area contributed by atoms with Crippen molar-refractivity contribution in [2.75, 3.05) is 34.3 Å². The number of amides is 3. The van der Waals surface area contributed by atoms with Gasteiger partial charge in [0.1, 0.15) is 6.54 Å². The second-order valence-corrected chi connectivity index (χ2v) is 3.75. The van der Waals surface area contributed by atoms with Crippen LogP contribution in [0.2, 0.25) is 0 Å². The van der Waals surface area contributed by atoms with E-state index in [0.29, 0.717) is 0 Å². The van der Waals surface area contributed by atoms with Crippen molar-refractivity contribution >= 4 is 11.9 Å². The SMILES string of the molecule is C=CC(N)=O.C[N+](C)(C)CCO.NC(N)=O.[Cl-]. The summed E-state index contributed by atoms with van der Waals surface area (Å²) in [6.07, 6.45) is 1.06. The highest BCUT2D eigenvalue weighted by Crippen LogP contribution is 1.84. The number of urea groups is 1. The average molecular weight is 271 g/mol. The van der Waals surface area contributed by atoms with Crippen molar-refractivity contribution in [1.82, 2.24) is 0 Å². The van der Waals surface area contributed by atoms with Crippen LogP contribution in [0.15, 0.2) is 12.7 Å². The van der Waals surface area contributed by atoms with E-state index in [9.17, 15) is 4.79 Å². The molecule has 0 atom stereocenters. The Morgan fingerprint density at radius 2 is 1.47 bits per heavy atom. The van der Waals surface area contributed by atoms with Gasteiger partial charge in [-0.3, -0.25) is 4.79 Å². The molecule has 7 nitrogen and oxygen atoms in total. The molecule has 0 aliphatic carbocycles.